The number of hydrogen-bond donors (Lipinski definition) is 2. The van der Waals surface area contributed by atoms with Gasteiger partial charge < -0.3 is 14.8 Å². The Kier molecular flexibility index (Phi) is 6.95. The Morgan fingerprint density at radius 1 is 1.19 bits per heavy atom. The Balaban J connectivity index is 1.63. The van der Waals surface area contributed by atoms with E-state index in [1.165, 1.54) is 12.1 Å². The van der Waals surface area contributed by atoms with Gasteiger partial charge in [-0.1, -0.05) is 12.1 Å². The minimum absolute atomic E-state index is 0.0721. The lowest BCUT2D eigenvalue weighted by Gasteiger charge is -2.11. The van der Waals surface area contributed by atoms with Crippen LogP contribution in [-0.2, 0) is 17.9 Å². The first-order valence-electron chi connectivity index (χ1n) is 9.10. The second kappa shape index (κ2) is 9.65. The van der Waals surface area contributed by atoms with E-state index in [4.69, 9.17) is 21.7 Å². The van der Waals surface area contributed by atoms with Crippen molar-refractivity contribution in [3.05, 3.63) is 58.9 Å². The molecule has 11 heteroatoms. The summed E-state index contributed by atoms with van der Waals surface area (Å²) in [7, 11) is 1.56. The van der Waals surface area contributed by atoms with Crippen molar-refractivity contribution in [1.29, 1.82) is 0 Å². The van der Waals surface area contributed by atoms with Crippen LogP contribution in [0.15, 0.2) is 48.5 Å². The smallest absolute Gasteiger partial charge is 0.422 e. The van der Waals surface area contributed by atoms with E-state index in [0.717, 1.165) is 5.56 Å². The van der Waals surface area contributed by atoms with E-state index in [2.05, 4.69) is 15.5 Å². The first kappa shape index (κ1) is 22.3. The summed E-state index contributed by atoms with van der Waals surface area (Å²) in [6.45, 7) is -1.35. The average Bonchev–Trinajstić information content (AvgIpc) is 3.11. The van der Waals surface area contributed by atoms with Gasteiger partial charge in [0.05, 0.1) is 7.11 Å². The number of amides is 1. The van der Waals surface area contributed by atoms with Crippen LogP contribution in [-0.4, -0.2) is 40.6 Å². The van der Waals surface area contributed by atoms with Gasteiger partial charge in [0.2, 0.25) is 5.91 Å². The number of ether oxygens (including phenoxy) is 2. The Hall–Kier alpha value is -3.34. The lowest BCUT2D eigenvalue weighted by Crippen LogP contribution is -2.27. The molecule has 0 aliphatic heterocycles. The molecule has 7 nitrogen and oxygen atoms in total. The lowest BCUT2D eigenvalue weighted by molar-refractivity contribution is -0.153. The zero-order valence-corrected chi connectivity index (χ0v) is 17.2. The molecule has 0 fully saturated rings. The van der Waals surface area contributed by atoms with Crippen LogP contribution in [0, 0.1) is 4.77 Å². The van der Waals surface area contributed by atoms with Gasteiger partial charge in [0, 0.05) is 12.1 Å². The largest absolute Gasteiger partial charge is 0.497 e. The van der Waals surface area contributed by atoms with Crippen molar-refractivity contribution < 1.29 is 27.4 Å². The Bertz CT molecular complexity index is 1090. The molecular formula is C20H19F3N4O3S. The molecule has 2 N–H and O–H groups in total. The maximum Gasteiger partial charge on any atom is 0.422 e. The summed E-state index contributed by atoms with van der Waals surface area (Å²) in [4.78, 5) is 12.4. The zero-order chi connectivity index (χ0) is 22.4. The molecule has 1 heterocycles. The summed E-state index contributed by atoms with van der Waals surface area (Å²) >= 11 is 5.23. The van der Waals surface area contributed by atoms with Gasteiger partial charge in [-0.05, 0) is 54.2 Å². The number of halogens is 3. The number of methoxy groups -OCH3 is 1. The number of alkyl halides is 3. The highest BCUT2D eigenvalue weighted by molar-refractivity contribution is 7.71. The Morgan fingerprint density at radius 3 is 2.61 bits per heavy atom. The average molecular weight is 452 g/mol. The fourth-order valence-corrected chi connectivity index (χ4v) is 2.93. The monoisotopic (exact) mass is 452 g/mol. The summed E-state index contributed by atoms with van der Waals surface area (Å²) in [5.41, 5.74) is 1.34. The van der Waals surface area contributed by atoms with Crippen LogP contribution in [0.5, 0.6) is 11.5 Å². The van der Waals surface area contributed by atoms with Gasteiger partial charge in [0.15, 0.2) is 17.2 Å². The highest BCUT2D eigenvalue weighted by atomic mass is 32.1. The standard InChI is InChI=1S/C20H19F3N4O3S/c1-29-15-7-5-14(6-8-15)18-25-26-19(31)27(18)11-17(28)24-10-13-3-2-4-16(9-13)30-12-20(21,22)23/h2-9H,10-12H2,1H3,(H,24,28)(H,26,31). The molecule has 1 aromatic heterocycles. The van der Waals surface area contributed by atoms with Crippen LogP contribution < -0.4 is 14.8 Å². The number of rotatable bonds is 8. The second-order valence-electron chi connectivity index (χ2n) is 6.50. The first-order chi connectivity index (χ1) is 14.7. The predicted molar refractivity (Wildman–Crippen MR) is 109 cm³/mol. The van der Waals surface area contributed by atoms with E-state index in [1.807, 2.05) is 0 Å². The molecule has 0 radical (unpaired) electrons. The number of carbonyl (C=O) groups is 1. The van der Waals surface area contributed by atoms with Crippen molar-refractivity contribution in [1.82, 2.24) is 20.1 Å². The number of nitrogens with zero attached hydrogens (tertiary/aromatic N) is 2. The third-order valence-corrected chi connectivity index (χ3v) is 4.51. The van der Waals surface area contributed by atoms with Crippen molar-refractivity contribution in [3.63, 3.8) is 0 Å². The summed E-state index contributed by atoms with van der Waals surface area (Å²) in [6, 6.07) is 13.2. The molecule has 3 rings (SSSR count). The number of nitrogens with one attached hydrogen (secondary N) is 2. The molecule has 1 amide bonds. The predicted octanol–water partition coefficient (Wildman–Crippen LogP) is 3.87. The maximum atomic E-state index is 12.4. The first-order valence-corrected chi connectivity index (χ1v) is 9.51. The highest BCUT2D eigenvalue weighted by Gasteiger charge is 2.28. The van der Waals surface area contributed by atoms with Gasteiger partial charge in [-0.15, -0.1) is 0 Å². The number of carbonyl (C=O) groups excluding carboxylic acids is 1. The number of aromatic amines is 1. The van der Waals surface area contributed by atoms with Crippen LogP contribution in [0.2, 0.25) is 0 Å². The van der Waals surface area contributed by atoms with Gasteiger partial charge >= 0.3 is 6.18 Å². The van der Waals surface area contributed by atoms with Crippen LogP contribution >= 0.6 is 12.2 Å². The molecule has 164 valence electrons. The molecule has 0 saturated carbocycles. The van der Waals surface area contributed by atoms with Crippen molar-refractivity contribution in [2.75, 3.05) is 13.7 Å². The van der Waals surface area contributed by atoms with Gasteiger partial charge in [-0.2, -0.15) is 18.3 Å². The van der Waals surface area contributed by atoms with Crippen molar-refractivity contribution in [3.8, 4) is 22.9 Å². The van der Waals surface area contributed by atoms with E-state index < -0.39 is 12.8 Å². The molecule has 0 aliphatic rings. The molecule has 0 unspecified atom stereocenters. The quantitative estimate of drug-likeness (QED) is 0.507. The van der Waals surface area contributed by atoms with Crippen LogP contribution in [0.1, 0.15) is 5.56 Å². The number of H-pyrrole nitrogens is 1. The third-order valence-electron chi connectivity index (χ3n) is 4.20. The van der Waals surface area contributed by atoms with E-state index in [0.29, 0.717) is 17.1 Å². The molecular weight excluding hydrogens is 433 g/mol. The van der Waals surface area contributed by atoms with Crippen molar-refractivity contribution in [2.24, 2.45) is 0 Å². The van der Waals surface area contributed by atoms with E-state index in [9.17, 15) is 18.0 Å². The van der Waals surface area contributed by atoms with Crippen molar-refractivity contribution in [2.45, 2.75) is 19.3 Å². The van der Waals surface area contributed by atoms with E-state index >= 15 is 0 Å². The number of hydrogen-bond acceptors (Lipinski definition) is 5. The fraction of sp³-hybridized carbons (Fsp3) is 0.250. The molecule has 0 atom stereocenters. The van der Waals surface area contributed by atoms with Gasteiger partial charge in [-0.25, -0.2) is 0 Å². The Labute approximate surface area is 180 Å². The summed E-state index contributed by atoms with van der Waals surface area (Å²) in [5.74, 6) is 0.908. The zero-order valence-electron chi connectivity index (χ0n) is 16.4. The molecule has 31 heavy (non-hydrogen) atoms. The van der Waals surface area contributed by atoms with E-state index in [-0.39, 0.29) is 29.5 Å². The maximum absolute atomic E-state index is 12.4. The molecule has 3 aromatic rings. The minimum atomic E-state index is -4.42. The van der Waals surface area contributed by atoms with Gasteiger partial charge in [0.1, 0.15) is 18.0 Å². The molecule has 2 aromatic carbocycles. The lowest BCUT2D eigenvalue weighted by atomic mass is 10.2. The van der Waals surface area contributed by atoms with E-state index in [1.54, 1.807) is 48.1 Å². The van der Waals surface area contributed by atoms with Gasteiger partial charge in [0.25, 0.3) is 0 Å². The van der Waals surface area contributed by atoms with Gasteiger partial charge in [-0.3, -0.25) is 14.5 Å². The summed E-state index contributed by atoms with van der Waals surface area (Å²) in [6.07, 6.45) is -4.42. The normalized spacial score (nSPS) is 11.2. The van der Waals surface area contributed by atoms with Crippen LogP contribution in [0.3, 0.4) is 0 Å². The fourth-order valence-electron chi connectivity index (χ4n) is 2.74. The molecule has 0 saturated heterocycles. The SMILES string of the molecule is COc1ccc(-c2n[nH]c(=S)n2CC(=O)NCc2cccc(OCC(F)(F)F)c2)cc1. The molecule has 0 aliphatic carbocycles. The molecule has 0 spiro atoms. The summed E-state index contributed by atoms with van der Waals surface area (Å²) in [5, 5.41) is 9.57. The summed E-state index contributed by atoms with van der Waals surface area (Å²) < 4.78 is 48.6. The van der Waals surface area contributed by atoms with Crippen molar-refractivity contribution >= 4 is 18.1 Å². The highest BCUT2D eigenvalue weighted by Crippen LogP contribution is 2.21. The topological polar surface area (TPSA) is 81.2 Å². The minimum Gasteiger partial charge on any atom is -0.497 e. The number of benzene rings is 2. The molecule has 0 bridgehead atoms. The second-order valence-corrected chi connectivity index (χ2v) is 6.88. The Morgan fingerprint density at radius 2 is 1.94 bits per heavy atom. The third kappa shape index (κ3) is 6.32. The number of aromatic nitrogens is 3. The van der Waals surface area contributed by atoms with Crippen LogP contribution in [0.4, 0.5) is 13.2 Å². The van der Waals surface area contributed by atoms with Crippen LogP contribution in [0.25, 0.3) is 11.4 Å².